The number of hydrogen-bond acceptors (Lipinski definition) is 4. The van der Waals surface area contributed by atoms with Crippen LogP contribution in [0.4, 0.5) is 15.9 Å². The maximum absolute atomic E-state index is 13.0. The number of carbonyl (C=O) groups excluding carboxylic acids is 2. The molecule has 2 heterocycles. The van der Waals surface area contributed by atoms with Crippen molar-refractivity contribution in [2.75, 3.05) is 36.4 Å². The molecule has 8 heteroatoms. The predicted molar refractivity (Wildman–Crippen MR) is 127 cm³/mol. The average molecular weight is 467 g/mol. The molecule has 4 rings (SSSR count). The van der Waals surface area contributed by atoms with E-state index in [0.717, 1.165) is 24.3 Å². The number of nitrogens with zero attached hydrogens (tertiary/aromatic N) is 3. The number of rotatable bonds is 5. The molecule has 0 atom stereocenters. The monoisotopic (exact) mass is 466 g/mol. The molecule has 2 aromatic carbocycles. The van der Waals surface area contributed by atoms with Crippen LogP contribution in [0.25, 0.3) is 0 Å². The minimum atomic E-state index is -0.329. The summed E-state index contributed by atoms with van der Waals surface area (Å²) >= 11 is 5.92. The maximum atomic E-state index is 13.0. The Morgan fingerprint density at radius 3 is 2.39 bits per heavy atom. The molecular formula is C25H24ClFN4O2. The molecule has 2 amide bonds. The van der Waals surface area contributed by atoms with Crippen LogP contribution in [0.1, 0.15) is 22.3 Å². The molecular weight excluding hydrogens is 443 g/mol. The van der Waals surface area contributed by atoms with E-state index in [1.54, 1.807) is 42.6 Å². The van der Waals surface area contributed by atoms with E-state index in [9.17, 15) is 14.0 Å². The van der Waals surface area contributed by atoms with Gasteiger partial charge in [-0.1, -0.05) is 23.7 Å². The fourth-order valence-electron chi connectivity index (χ4n) is 3.76. The molecule has 1 fully saturated rings. The summed E-state index contributed by atoms with van der Waals surface area (Å²) in [6.45, 7) is 2.73. The zero-order valence-electron chi connectivity index (χ0n) is 18.0. The molecule has 33 heavy (non-hydrogen) atoms. The van der Waals surface area contributed by atoms with Crippen molar-refractivity contribution in [2.24, 2.45) is 0 Å². The smallest absolute Gasteiger partial charge is 0.253 e. The summed E-state index contributed by atoms with van der Waals surface area (Å²) in [5.41, 5.74) is 1.97. The number of hydrogen-bond donors (Lipinski definition) is 1. The SMILES string of the molecule is O=C(Cc1ccc(F)cc1)Nc1ccc(N2CCCN(C(=O)c3ccc(Cl)cc3)CC2)nc1. The van der Waals surface area contributed by atoms with Gasteiger partial charge in [-0.25, -0.2) is 9.37 Å². The second-order valence-corrected chi connectivity index (χ2v) is 8.33. The van der Waals surface area contributed by atoms with Gasteiger partial charge in [-0.3, -0.25) is 9.59 Å². The highest BCUT2D eigenvalue weighted by molar-refractivity contribution is 6.30. The van der Waals surface area contributed by atoms with Crippen molar-refractivity contribution in [2.45, 2.75) is 12.8 Å². The summed E-state index contributed by atoms with van der Waals surface area (Å²) in [4.78, 5) is 33.5. The first kappa shape index (κ1) is 22.7. The lowest BCUT2D eigenvalue weighted by Gasteiger charge is -2.23. The van der Waals surface area contributed by atoms with E-state index in [2.05, 4.69) is 15.2 Å². The summed E-state index contributed by atoms with van der Waals surface area (Å²) < 4.78 is 13.0. The molecule has 0 saturated carbocycles. The summed E-state index contributed by atoms with van der Waals surface area (Å²) in [5, 5.41) is 3.42. The Bertz CT molecular complexity index is 1100. The zero-order chi connectivity index (χ0) is 23.2. The van der Waals surface area contributed by atoms with Crippen molar-refractivity contribution in [1.82, 2.24) is 9.88 Å². The molecule has 0 radical (unpaired) electrons. The lowest BCUT2D eigenvalue weighted by atomic mass is 10.1. The van der Waals surface area contributed by atoms with Crippen molar-refractivity contribution in [3.8, 4) is 0 Å². The number of benzene rings is 2. The molecule has 0 aliphatic carbocycles. The molecule has 1 aliphatic heterocycles. The van der Waals surface area contributed by atoms with Gasteiger partial charge >= 0.3 is 0 Å². The Balaban J connectivity index is 1.32. The van der Waals surface area contributed by atoms with Crippen LogP contribution in [0, 0.1) is 5.82 Å². The predicted octanol–water partition coefficient (Wildman–Crippen LogP) is 4.41. The zero-order valence-corrected chi connectivity index (χ0v) is 18.8. The quantitative estimate of drug-likeness (QED) is 0.605. The average Bonchev–Trinajstić information content (AvgIpc) is 3.07. The number of halogens is 2. The van der Waals surface area contributed by atoms with Gasteiger partial charge in [0, 0.05) is 36.8 Å². The van der Waals surface area contributed by atoms with Crippen molar-refractivity contribution in [1.29, 1.82) is 0 Å². The van der Waals surface area contributed by atoms with Crippen LogP contribution in [0.5, 0.6) is 0 Å². The number of amides is 2. The van der Waals surface area contributed by atoms with Crippen LogP contribution in [-0.2, 0) is 11.2 Å². The molecule has 170 valence electrons. The second-order valence-electron chi connectivity index (χ2n) is 7.90. The minimum Gasteiger partial charge on any atom is -0.355 e. The van der Waals surface area contributed by atoms with E-state index >= 15 is 0 Å². The van der Waals surface area contributed by atoms with Gasteiger partial charge in [-0.2, -0.15) is 0 Å². The van der Waals surface area contributed by atoms with E-state index in [0.29, 0.717) is 35.9 Å². The highest BCUT2D eigenvalue weighted by atomic mass is 35.5. The van der Waals surface area contributed by atoms with Crippen molar-refractivity contribution >= 4 is 34.9 Å². The Hall–Kier alpha value is -3.45. The summed E-state index contributed by atoms with van der Waals surface area (Å²) in [6.07, 6.45) is 2.61. The lowest BCUT2D eigenvalue weighted by Crippen LogP contribution is -2.35. The van der Waals surface area contributed by atoms with Crippen LogP contribution in [0.2, 0.25) is 5.02 Å². The van der Waals surface area contributed by atoms with Gasteiger partial charge in [0.2, 0.25) is 5.91 Å². The van der Waals surface area contributed by atoms with Gasteiger partial charge in [0.15, 0.2) is 0 Å². The van der Waals surface area contributed by atoms with Gasteiger partial charge in [0.05, 0.1) is 18.3 Å². The molecule has 1 aromatic heterocycles. The van der Waals surface area contributed by atoms with Crippen LogP contribution in [-0.4, -0.2) is 47.9 Å². The largest absolute Gasteiger partial charge is 0.355 e. The van der Waals surface area contributed by atoms with Crippen molar-refractivity contribution < 1.29 is 14.0 Å². The fraction of sp³-hybridized carbons (Fsp3) is 0.240. The van der Waals surface area contributed by atoms with E-state index in [1.807, 2.05) is 17.0 Å². The van der Waals surface area contributed by atoms with E-state index in [1.165, 1.54) is 12.1 Å². The highest BCUT2D eigenvalue weighted by Gasteiger charge is 2.21. The Labute approximate surface area is 197 Å². The molecule has 1 aliphatic rings. The third-order valence-electron chi connectivity index (χ3n) is 5.51. The minimum absolute atomic E-state index is 0.000640. The van der Waals surface area contributed by atoms with Gasteiger partial charge < -0.3 is 15.1 Å². The number of anilines is 2. The van der Waals surface area contributed by atoms with Gasteiger partial charge in [0.1, 0.15) is 11.6 Å². The molecule has 0 spiro atoms. The standard InChI is InChI=1S/C25H24ClFN4O2/c26-20-6-4-19(5-7-20)25(33)31-13-1-12-30(14-15-31)23-11-10-22(17-28-23)29-24(32)16-18-2-8-21(27)9-3-18/h2-11,17H,1,12-16H2,(H,29,32). The van der Waals surface area contributed by atoms with Crippen molar-refractivity contribution in [3.05, 3.63) is 88.8 Å². The Morgan fingerprint density at radius 2 is 1.70 bits per heavy atom. The van der Waals surface area contributed by atoms with Gasteiger partial charge in [0.25, 0.3) is 5.91 Å². The van der Waals surface area contributed by atoms with E-state index < -0.39 is 0 Å². The molecule has 0 unspecified atom stereocenters. The molecule has 1 N–H and O–H groups in total. The number of nitrogens with one attached hydrogen (secondary N) is 1. The third-order valence-corrected chi connectivity index (χ3v) is 5.76. The van der Waals surface area contributed by atoms with Crippen LogP contribution < -0.4 is 10.2 Å². The topological polar surface area (TPSA) is 65.5 Å². The lowest BCUT2D eigenvalue weighted by molar-refractivity contribution is -0.115. The van der Waals surface area contributed by atoms with Crippen LogP contribution >= 0.6 is 11.6 Å². The number of aromatic nitrogens is 1. The number of pyridine rings is 1. The first-order valence-corrected chi connectivity index (χ1v) is 11.2. The maximum Gasteiger partial charge on any atom is 0.253 e. The van der Waals surface area contributed by atoms with E-state index in [4.69, 9.17) is 11.6 Å². The Morgan fingerprint density at radius 1 is 0.939 bits per heavy atom. The summed E-state index contributed by atoms with van der Waals surface area (Å²) in [5.74, 6) is 0.278. The summed E-state index contributed by atoms with van der Waals surface area (Å²) in [7, 11) is 0. The first-order valence-electron chi connectivity index (χ1n) is 10.8. The van der Waals surface area contributed by atoms with Crippen LogP contribution in [0.3, 0.4) is 0 Å². The molecule has 6 nitrogen and oxygen atoms in total. The second kappa shape index (κ2) is 10.4. The fourth-order valence-corrected chi connectivity index (χ4v) is 3.89. The van der Waals surface area contributed by atoms with Crippen molar-refractivity contribution in [3.63, 3.8) is 0 Å². The molecule has 3 aromatic rings. The first-order chi connectivity index (χ1) is 16.0. The highest BCUT2D eigenvalue weighted by Crippen LogP contribution is 2.18. The normalized spacial score (nSPS) is 14.0. The molecule has 0 bridgehead atoms. The van der Waals surface area contributed by atoms with Gasteiger partial charge in [-0.15, -0.1) is 0 Å². The Kier molecular flexibility index (Phi) is 7.19. The third kappa shape index (κ3) is 6.08. The molecule has 1 saturated heterocycles. The van der Waals surface area contributed by atoms with Crippen LogP contribution in [0.15, 0.2) is 66.9 Å². The number of carbonyl (C=O) groups is 2. The van der Waals surface area contributed by atoms with Gasteiger partial charge in [-0.05, 0) is 60.5 Å². The summed E-state index contributed by atoms with van der Waals surface area (Å²) in [6, 6.07) is 16.5. The van der Waals surface area contributed by atoms with E-state index in [-0.39, 0.29) is 24.1 Å².